The van der Waals surface area contributed by atoms with E-state index < -0.39 is 0 Å². The minimum absolute atomic E-state index is 0.167. The first-order chi connectivity index (χ1) is 10.1. The lowest BCUT2D eigenvalue weighted by molar-refractivity contribution is 0.554. The average molecular weight is 307 g/mol. The minimum atomic E-state index is -0.167. The summed E-state index contributed by atoms with van der Waals surface area (Å²) in [5, 5.41) is 4.32. The normalized spacial score (nSPS) is 11.1. The summed E-state index contributed by atoms with van der Waals surface area (Å²) in [6.07, 6.45) is 1.89. The number of nitrogens with zero attached hydrogens (tertiary/aromatic N) is 2. The third-order valence-corrected chi connectivity index (χ3v) is 4.20. The molecule has 0 spiro atoms. The summed E-state index contributed by atoms with van der Waals surface area (Å²) >= 11 is 1.65. The first-order valence-electron chi connectivity index (χ1n) is 7.16. The van der Waals surface area contributed by atoms with Crippen molar-refractivity contribution in [3.8, 4) is 0 Å². The van der Waals surface area contributed by atoms with Crippen molar-refractivity contribution in [3.05, 3.63) is 46.7 Å². The smallest absolute Gasteiger partial charge is 0.185 e. The maximum absolute atomic E-state index is 13.7. The minimum Gasteiger partial charge on any atom is -0.347 e. The van der Waals surface area contributed by atoms with Gasteiger partial charge in [-0.25, -0.2) is 9.37 Å². The Morgan fingerprint density at radius 1 is 1.33 bits per heavy atom. The van der Waals surface area contributed by atoms with Gasteiger partial charge in [-0.05, 0) is 18.5 Å². The highest BCUT2D eigenvalue weighted by Gasteiger charge is 2.10. The van der Waals surface area contributed by atoms with Crippen molar-refractivity contribution in [1.29, 1.82) is 0 Å². The standard InChI is InChI=1S/C16H22FN3S/c1-12(2)8-18-9-14-10-19-16(21-14)20(3)11-13-6-4-5-7-15(13)17/h4-7,10,12,18H,8-9,11H2,1-3H3. The van der Waals surface area contributed by atoms with Crippen LogP contribution in [0.5, 0.6) is 0 Å². The first-order valence-corrected chi connectivity index (χ1v) is 7.98. The van der Waals surface area contributed by atoms with Gasteiger partial charge < -0.3 is 10.2 Å². The van der Waals surface area contributed by atoms with Gasteiger partial charge in [0, 0.05) is 36.8 Å². The van der Waals surface area contributed by atoms with Crippen molar-refractivity contribution >= 4 is 16.5 Å². The quantitative estimate of drug-likeness (QED) is 0.846. The number of thiazole rings is 1. The average Bonchev–Trinajstić information content (AvgIpc) is 2.90. The third kappa shape index (κ3) is 4.79. The second-order valence-electron chi connectivity index (χ2n) is 5.58. The summed E-state index contributed by atoms with van der Waals surface area (Å²) in [5.74, 6) is 0.473. The molecule has 21 heavy (non-hydrogen) atoms. The molecule has 0 saturated heterocycles. The summed E-state index contributed by atoms with van der Waals surface area (Å²) in [4.78, 5) is 7.60. The molecule has 1 heterocycles. The van der Waals surface area contributed by atoms with Crippen LogP contribution in [0, 0.1) is 11.7 Å². The van der Waals surface area contributed by atoms with Gasteiger partial charge in [-0.15, -0.1) is 11.3 Å². The molecule has 1 aromatic carbocycles. The number of aromatic nitrogens is 1. The highest BCUT2D eigenvalue weighted by atomic mass is 32.1. The van der Waals surface area contributed by atoms with Crippen LogP contribution >= 0.6 is 11.3 Å². The molecular weight excluding hydrogens is 285 g/mol. The van der Waals surface area contributed by atoms with Crippen LogP contribution in [0.25, 0.3) is 0 Å². The number of hydrogen-bond acceptors (Lipinski definition) is 4. The number of nitrogens with one attached hydrogen (secondary N) is 1. The Hall–Kier alpha value is -1.46. The van der Waals surface area contributed by atoms with Crippen molar-refractivity contribution in [2.45, 2.75) is 26.9 Å². The van der Waals surface area contributed by atoms with Crippen molar-refractivity contribution in [2.75, 3.05) is 18.5 Å². The Morgan fingerprint density at radius 2 is 2.10 bits per heavy atom. The Labute approximate surface area is 129 Å². The molecular formula is C16H22FN3S. The number of halogens is 1. The molecule has 3 nitrogen and oxygen atoms in total. The lowest BCUT2D eigenvalue weighted by Crippen LogP contribution is -2.18. The summed E-state index contributed by atoms with van der Waals surface area (Å²) in [6.45, 7) is 6.74. The molecule has 1 aromatic heterocycles. The molecule has 0 radical (unpaired) electrons. The molecule has 114 valence electrons. The van der Waals surface area contributed by atoms with Crippen LogP contribution in [0.1, 0.15) is 24.3 Å². The molecule has 1 N–H and O–H groups in total. The van der Waals surface area contributed by atoms with Gasteiger partial charge in [0.1, 0.15) is 5.82 Å². The zero-order valence-corrected chi connectivity index (χ0v) is 13.6. The molecule has 0 atom stereocenters. The van der Waals surface area contributed by atoms with Crippen LogP contribution in [0.4, 0.5) is 9.52 Å². The Bertz CT molecular complexity index is 568. The van der Waals surface area contributed by atoms with Gasteiger partial charge in [-0.2, -0.15) is 0 Å². The second kappa shape index (κ2) is 7.52. The lowest BCUT2D eigenvalue weighted by Gasteiger charge is -2.16. The molecule has 0 unspecified atom stereocenters. The van der Waals surface area contributed by atoms with E-state index in [1.807, 2.05) is 30.3 Å². The van der Waals surface area contributed by atoms with Gasteiger partial charge >= 0.3 is 0 Å². The molecule has 0 aliphatic heterocycles. The van der Waals surface area contributed by atoms with Crippen molar-refractivity contribution < 1.29 is 4.39 Å². The number of hydrogen-bond donors (Lipinski definition) is 1. The first kappa shape index (κ1) is 15.9. The fourth-order valence-corrected chi connectivity index (χ4v) is 2.83. The van der Waals surface area contributed by atoms with E-state index in [9.17, 15) is 4.39 Å². The monoisotopic (exact) mass is 307 g/mol. The molecule has 0 amide bonds. The second-order valence-corrected chi connectivity index (χ2v) is 6.68. The van der Waals surface area contributed by atoms with Crippen LogP contribution < -0.4 is 10.2 Å². The molecule has 2 rings (SSSR count). The van der Waals surface area contributed by atoms with Gasteiger partial charge in [-0.3, -0.25) is 0 Å². The molecule has 5 heteroatoms. The summed E-state index contributed by atoms with van der Waals surface area (Å²) in [5.41, 5.74) is 0.690. The summed E-state index contributed by atoms with van der Waals surface area (Å²) in [7, 11) is 1.94. The van der Waals surface area contributed by atoms with Gasteiger partial charge in [0.2, 0.25) is 0 Å². The zero-order chi connectivity index (χ0) is 15.2. The van der Waals surface area contributed by atoms with Crippen LogP contribution in [-0.4, -0.2) is 18.6 Å². The van der Waals surface area contributed by atoms with Gasteiger partial charge in [0.25, 0.3) is 0 Å². The fraction of sp³-hybridized carbons (Fsp3) is 0.438. The molecule has 0 bridgehead atoms. The predicted octanol–water partition coefficient (Wildman–Crippen LogP) is 3.66. The number of anilines is 1. The van der Waals surface area contributed by atoms with Crippen LogP contribution in [0.15, 0.2) is 30.5 Å². The summed E-state index contributed by atoms with van der Waals surface area (Å²) < 4.78 is 13.7. The van der Waals surface area contributed by atoms with Crippen molar-refractivity contribution in [3.63, 3.8) is 0 Å². The topological polar surface area (TPSA) is 28.2 Å². The maximum Gasteiger partial charge on any atom is 0.185 e. The Balaban J connectivity index is 1.93. The Morgan fingerprint density at radius 3 is 2.81 bits per heavy atom. The van der Waals surface area contributed by atoms with Crippen LogP contribution in [0.3, 0.4) is 0 Å². The molecule has 0 saturated carbocycles. The van der Waals surface area contributed by atoms with Crippen molar-refractivity contribution in [2.24, 2.45) is 5.92 Å². The predicted molar refractivity (Wildman–Crippen MR) is 87.2 cm³/mol. The van der Waals surface area contributed by atoms with E-state index in [1.165, 1.54) is 10.9 Å². The largest absolute Gasteiger partial charge is 0.347 e. The van der Waals surface area contributed by atoms with Gasteiger partial charge in [0.15, 0.2) is 5.13 Å². The fourth-order valence-electron chi connectivity index (χ4n) is 1.99. The van der Waals surface area contributed by atoms with E-state index in [4.69, 9.17) is 0 Å². The number of benzene rings is 1. The van der Waals surface area contributed by atoms with Crippen molar-refractivity contribution in [1.82, 2.24) is 10.3 Å². The molecule has 2 aromatic rings. The third-order valence-electron chi connectivity index (χ3n) is 3.09. The van der Waals surface area contributed by atoms with E-state index in [1.54, 1.807) is 17.4 Å². The Kier molecular flexibility index (Phi) is 5.70. The van der Waals surface area contributed by atoms with E-state index in [2.05, 4.69) is 24.1 Å². The molecule has 0 fully saturated rings. The van der Waals surface area contributed by atoms with Gasteiger partial charge in [-0.1, -0.05) is 32.0 Å². The highest BCUT2D eigenvalue weighted by Crippen LogP contribution is 2.23. The van der Waals surface area contributed by atoms with E-state index in [-0.39, 0.29) is 5.82 Å². The lowest BCUT2D eigenvalue weighted by atomic mass is 10.2. The molecule has 0 aliphatic carbocycles. The van der Waals surface area contributed by atoms with E-state index in [0.717, 1.165) is 18.2 Å². The van der Waals surface area contributed by atoms with E-state index >= 15 is 0 Å². The van der Waals surface area contributed by atoms with Crippen LogP contribution in [0.2, 0.25) is 0 Å². The SMILES string of the molecule is CC(C)CNCc1cnc(N(C)Cc2ccccc2F)s1. The zero-order valence-electron chi connectivity index (χ0n) is 12.8. The number of rotatable bonds is 7. The van der Waals surface area contributed by atoms with E-state index in [0.29, 0.717) is 18.0 Å². The maximum atomic E-state index is 13.7. The molecule has 0 aliphatic rings. The highest BCUT2D eigenvalue weighted by molar-refractivity contribution is 7.15. The summed E-state index contributed by atoms with van der Waals surface area (Å²) in [6, 6.07) is 6.87. The van der Waals surface area contributed by atoms with Crippen LogP contribution in [-0.2, 0) is 13.1 Å². The van der Waals surface area contributed by atoms with Gasteiger partial charge in [0.05, 0.1) is 0 Å².